The third-order valence-electron chi connectivity index (χ3n) is 14.1. The summed E-state index contributed by atoms with van der Waals surface area (Å²) in [7, 11) is 0. The fourth-order valence-electron chi connectivity index (χ4n) is 11.1. The molecule has 0 aliphatic heterocycles. The van der Waals surface area contributed by atoms with Crippen molar-refractivity contribution in [1.82, 2.24) is 18.8 Å². The molecule has 12 rings (SSSR count). The molecule has 0 spiro atoms. The molecule has 4 heterocycles. The van der Waals surface area contributed by atoms with E-state index in [1.165, 1.54) is 77.9 Å². The van der Waals surface area contributed by atoms with Gasteiger partial charge in [0, 0.05) is 46.1 Å². The fourth-order valence-corrected chi connectivity index (χ4v) is 11.1. The normalized spacial score (nSPS) is 11.7. The summed E-state index contributed by atoms with van der Waals surface area (Å²) in [6.07, 6.45) is 4.04. The molecule has 0 fully saturated rings. The number of aryl methyl sites for hydroxylation is 8. The van der Waals surface area contributed by atoms with Gasteiger partial charge in [-0.1, -0.05) is 143 Å². The molecule has 0 unspecified atom stereocenters. The van der Waals surface area contributed by atoms with Crippen LogP contribution in [0.4, 0.5) is 0 Å². The van der Waals surface area contributed by atoms with Gasteiger partial charge >= 0.3 is 21.1 Å². The van der Waals surface area contributed by atoms with Gasteiger partial charge in [0.25, 0.3) is 0 Å². The Morgan fingerprint density at radius 2 is 0.706 bits per heavy atom. The van der Waals surface area contributed by atoms with E-state index in [0.717, 1.165) is 66.0 Å². The van der Waals surface area contributed by atoms with Crippen molar-refractivity contribution < 1.29 is 25.8 Å². The molecule has 5 nitrogen and oxygen atoms in total. The molecule has 12 aromatic rings. The van der Waals surface area contributed by atoms with E-state index < -0.39 is 0 Å². The summed E-state index contributed by atoms with van der Waals surface area (Å²) < 4.78 is 11.4. The largest absolute Gasteiger partial charge is 2.00 e. The number of ether oxygens (including phenoxy) is 1. The Kier molecular flexibility index (Phi) is 10.5. The van der Waals surface area contributed by atoms with Gasteiger partial charge in [-0.3, -0.25) is 9.97 Å². The summed E-state index contributed by atoms with van der Waals surface area (Å²) in [5.74, 6) is 1.17. The summed E-state index contributed by atoms with van der Waals surface area (Å²) >= 11 is 0. The van der Waals surface area contributed by atoms with Crippen LogP contribution in [-0.4, -0.2) is 18.8 Å². The average Bonchev–Trinajstić information content (AvgIpc) is 3.95. The van der Waals surface area contributed by atoms with Crippen LogP contribution in [0.2, 0.25) is 0 Å². The van der Waals surface area contributed by atoms with Gasteiger partial charge in [0.15, 0.2) is 0 Å². The van der Waals surface area contributed by atoms with Crippen molar-refractivity contribution in [3.05, 3.63) is 202 Å². The monoisotopic (exact) mass is 1060 g/mol. The molecule has 0 amide bonds. The molecule has 0 radical (unpaired) electrons. The predicted octanol–water partition coefficient (Wildman–Crippen LogP) is 16.1. The summed E-state index contributed by atoms with van der Waals surface area (Å²) in [5.41, 5.74) is 23.1. The standard InChI is InChI=1S/C62H48N4O.Pt/c1-35-13-9-14-36(2)57(35)43-21-25-49-47-27-23-45(31-51(47)61-63-33-55(65(61)53(49)29-43)59-39(5)17-11-18-40(59)6)67-46-24-28-48-50-26-22-44(58-37(3)15-10-16-38(58)4)30-54(50)66-56(34-64-62(66)52(48)32-46)60-41(7)19-12-20-42(60)8;/h9-30,33-34H,1-8H3;/q-2;+2. The minimum absolute atomic E-state index is 0. The van der Waals surface area contributed by atoms with Crippen molar-refractivity contribution in [3.63, 3.8) is 0 Å². The predicted molar refractivity (Wildman–Crippen MR) is 278 cm³/mol. The van der Waals surface area contributed by atoms with Crippen LogP contribution < -0.4 is 4.74 Å². The molecule has 0 atom stereocenters. The second-order valence-corrected chi connectivity index (χ2v) is 18.5. The molecule has 6 heteroatoms. The smallest absolute Gasteiger partial charge is 0.497 e. The number of rotatable bonds is 6. The second-order valence-electron chi connectivity index (χ2n) is 18.5. The van der Waals surface area contributed by atoms with Crippen molar-refractivity contribution in [2.75, 3.05) is 0 Å². The molecule has 332 valence electrons. The van der Waals surface area contributed by atoms with Gasteiger partial charge < -0.3 is 13.5 Å². The van der Waals surface area contributed by atoms with E-state index in [2.05, 4.69) is 198 Å². The van der Waals surface area contributed by atoms with Crippen LogP contribution in [0.1, 0.15) is 44.5 Å². The molecule has 0 saturated heterocycles. The molecule has 0 aliphatic rings. The van der Waals surface area contributed by atoms with Gasteiger partial charge in [0.1, 0.15) is 0 Å². The van der Waals surface area contributed by atoms with Crippen LogP contribution in [0.25, 0.3) is 99.4 Å². The first kappa shape index (κ1) is 43.3. The molecule has 0 aliphatic carbocycles. The topological polar surface area (TPSA) is 43.8 Å². The zero-order chi connectivity index (χ0) is 45.8. The Morgan fingerprint density at radius 1 is 0.382 bits per heavy atom. The van der Waals surface area contributed by atoms with Crippen molar-refractivity contribution >= 4 is 54.6 Å². The molecule has 68 heavy (non-hydrogen) atoms. The molecule has 0 N–H and O–H groups in total. The number of nitrogens with zero attached hydrogens (tertiary/aromatic N) is 4. The van der Waals surface area contributed by atoms with Gasteiger partial charge in [0.2, 0.25) is 0 Å². The number of fused-ring (bicyclic) bond motifs is 12. The number of pyridine rings is 2. The maximum Gasteiger partial charge on any atom is 2.00 e. The number of benzene rings is 8. The Bertz CT molecular complexity index is 3720. The average molecular weight is 1060 g/mol. The van der Waals surface area contributed by atoms with Gasteiger partial charge in [-0.25, -0.2) is 0 Å². The molecule has 8 aromatic carbocycles. The molecule has 0 saturated carbocycles. The Morgan fingerprint density at radius 3 is 1.06 bits per heavy atom. The Hall–Kier alpha value is -7.33. The number of hydrogen-bond acceptors (Lipinski definition) is 3. The zero-order valence-corrected chi connectivity index (χ0v) is 41.6. The van der Waals surface area contributed by atoms with Crippen LogP contribution in [0.5, 0.6) is 11.5 Å². The van der Waals surface area contributed by atoms with Gasteiger partial charge in [0.05, 0.1) is 22.7 Å². The van der Waals surface area contributed by atoms with Gasteiger partial charge in [-0.2, -0.15) is 0 Å². The van der Waals surface area contributed by atoms with E-state index in [0.29, 0.717) is 11.5 Å². The maximum absolute atomic E-state index is 6.80. The van der Waals surface area contributed by atoms with Gasteiger partial charge in [-0.05, 0) is 145 Å². The van der Waals surface area contributed by atoms with Crippen LogP contribution >= 0.6 is 0 Å². The molecule has 4 aromatic heterocycles. The first-order valence-electron chi connectivity index (χ1n) is 23.1. The summed E-state index contributed by atoms with van der Waals surface area (Å²) in [6.45, 7) is 17.5. The molecular weight excluding hydrogens is 1010 g/mol. The van der Waals surface area contributed by atoms with E-state index >= 15 is 0 Å². The van der Waals surface area contributed by atoms with E-state index in [1.807, 2.05) is 24.5 Å². The van der Waals surface area contributed by atoms with E-state index in [-0.39, 0.29) is 21.1 Å². The minimum Gasteiger partial charge on any atom is -0.497 e. The quantitative estimate of drug-likeness (QED) is 0.123. The number of imidazole rings is 2. The van der Waals surface area contributed by atoms with Gasteiger partial charge in [-0.15, -0.1) is 12.1 Å². The SMILES string of the molecule is Cc1cccc(C)c1-c1ccc2c3ccc(Oc4[c-]c5c(cc4)c4ccc(-c6c(C)cccc6C)cc4n4c(-c6c(C)cccc6C)cnc54)[c-]c3c3ncc(-c4c(C)cccc4C)n3c2c1.[Pt+2]. The van der Waals surface area contributed by atoms with E-state index in [9.17, 15) is 0 Å². The maximum atomic E-state index is 6.80. The van der Waals surface area contributed by atoms with Crippen LogP contribution in [-0.2, 0) is 21.1 Å². The third-order valence-corrected chi connectivity index (χ3v) is 14.1. The third kappa shape index (κ3) is 6.70. The van der Waals surface area contributed by atoms with Crippen molar-refractivity contribution in [2.24, 2.45) is 0 Å². The summed E-state index contributed by atoms with van der Waals surface area (Å²) in [4.78, 5) is 10.4. The molecule has 0 bridgehead atoms. The first-order chi connectivity index (χ1) is 32.5. The zero-order valence-electron chi connectivity index (χ0n) is 39.4. The fraction of sp³-hybridized carbons (Fsp3) is 0.129. The first-order valence-corrected chi connectivity index (χ1v) is 23.1. The summed E-state index contributed by atoms with van der Waals surface area (Å²) in [5, 5.41) is 6.15. The Labute approximate surface area is 411 Å². The molecular formula is C62H48N4OPt. The van der Waals surface area contributed by atoms with Crippen molar-refractivity contribution in [1.29, 1.82) is 0 Å². The van der Waals surface area contributed by atoms with Crippen molar-refractivity contribution in [2.45, 2.75) is 55.4 Å². The second kappa shape index (κ2) is 16.5. The minimum atomic E-state index is 0. The number of hydrogen-bond donors (Lipinski definition) is 0. The van der Waals surface area contributed by atoms with Crippen LogP contribution in [0.3, 0.4) is 0 Å². The number of aromatic nitrogens is 4. The van der Waals surface area contributed by atoms with Crippen molar-refractivity contribution in [3.8, 4) is 56.3 Å². The van der Waals surface area contributed by atoms with Crippen LogP contribution in [0.15, 0.2) is 146 Å². The van der Waals surface area contributed by atoms with E-state index in [4.69, 9.17) is 14.7 Å². The van der Waals surface area contributed by atoms with E-state index in [1.54, 1.807) is 0 Å². The van der Waals surface area contributed by atoms with Crippen LogP contribution in [0, 0.1) is 67.5 Å². The summed E-state index contributed by atoms with van der Waals surface area (Å²) in [6, 6.07) is 55.5. The Balaban J connectivity index is 0.00000507.